The number of alkyl carbamates (subject to hydrolysis) is 1. The van der Waals surface area contributed by atoms with Crippen molar-refractivity contribution in [2.45, 2.75) is 89.7 Å². The van der Waals surface area contributed by atoms with Gasteiger partial charge in [-0.1, -0.05) is 24.3 Å². The average molecular weight is 714 g/mol. The number of pyridine rings is 1. The maximum absolute atomic E-state index is 15.4. The number of amides is 3. The summed E-state index contributed by atoms with van der Waals surface area (Å²) in [6, 6.07) is 8.82. The van der Waals surface area contributed by atoms with E-state index in [0.29, 0.717) is 11.1 Å². The molecule has 4 N–H and O–H groups in total. The van der Waals surface area contributed by atoms with Crippen LogP contribution in [0.2, 0.25) is 0 Å². The van der Waals surface area contributed by atoms with Crippen molar-refractivity contribution in [1.29, 1.82) is 0 Å². The summed E-state index contributed by atoms with van der Waals surface area (Å²) in [7, 11) is 0. The standard InChI is InChI=1S/C37H46F3N5O6/c1-36(2,3)50-34(47)44-32(31(22-7-11-24(38)12-8-22)23-9-13-25(39)14-10-23)33(46)43-30-19-42-18-29(40)28(30)16-15-27-20-45(26(17-41)21-49-27)35(48)51-37(4,5)6/h7-14,18-19,26-27,31-32H,15-17,20-21,41H2,1-6H3,(H,43,46)(H,44,47)/t26-,27-,32+/m1/s1. The van der Waals surface area contributed by atoms with Gasteiger partial charge >= 0.3 is 12.2 Å². The maximum Gasteiger partial charge on any atom is 0.410 e. The van der Waals surface area contributed by atoms with Gasteiger partial charge in [-0.05, 0) is 89.8 Å². The Kier molecular flexibility index (Phi) is 12.7. The van der Waals surface area contributed by atoms with Crippen molar-refractivity contribution < 1.29 is 41.8 Å². The van der Waals surface area contributed by atoms with Gasteiger partial charge in [0.15, 0.2) is 0 Å². The highest BCUT2D eigenvalue weighted by atomic mass is 19.1. The van der Waals surface area contributed by atoms with Crippen molar-refractivity contribution in [1.82, 2.24) is 15.2 Å². The van der Waals surface area contributed by atoms with Gasteiger partial charge in [0.05, 0.1) is 43.4 Å². The van der Waals surface area contributed by atoms with Crippen molar-refractivity contribution >= 4 is 23.8 Å². The molecule has 1 aromatic heterocycles. The number of carbonyl (C=O) groups excluding carboxylic acids is 3. The van der Waals surface area contributed by atoms with Gasteiger partial charge in [0.1, 0.15) is 34.7 Å². The minimum absolute atomic E-state index is 0.0348. The van der Waals surface area contributed by atoms with Crippen LogP contribution in [0.15, 0.2) is 60.9 Å². The van der Waals surface area contributed by atoms with Crippen LogP contribution in [0, 0.1) is 17.5 Å². The number of morpholine rings is 1. The van der Waals surface area contributed by atoms with E-state index in [1.54, 1.807) is 41.5 Å². The van der Waals surface area contributed by atoms with Crippen molar-refractivity contribution in [3.63, 3.8) is 0 Å². The zero-order valence-corrected chi connectivity index (χ0v) is 29.7. The Balaban J connectivity index is 1.63. The molecular formula is C37H46F3N5O6. The third-order valence-electron chi connectivity index (χ3n) is 7.99. The minimum atomic E-state index is -1.41. The predicted molar refractivity (Wildman–Crippen MR) is 184 cm³/mol. The molecule has 11 nitrogen and oxygen atoms in total. The second-order valence-corrected chi connectivity index (χ2v) is 14.4. The molecule has 1 fully saturated rings. The second-order valence-electron chi connectivity index (χ2n) is 14.4. The Labute approximate surface area is 296 Å². The fourth-order valence-corrected chi connectivity index (χ4v) is 5.66. The molecule has 4 rings (SSSR count). The summed E-state index contributed by atoms with van der Waals surface area (Å²) in [6.07, 6.45) is 0.676. The van der Waals surface area contributed by atoms with Crippen LogP contribution in [0.5, 0.6) is 0 Å². The number of rotatable bonds is 10. The Morgan fingerprint density at radius 3 is 2.02 bits per heavy atom. The van der Waals surface area contributed by atoms with Crippen molar-refractivity contribution in [3.05, 3.63) is 95.1 Å². The fraction of sp³-hybridized carbons (Fsp3) is 0.459. The number of nitrogens with zero attached hydrogens (tertiary/aromatic N) is 2. The molecule has 51 heavy (non-hydrogen) atoms. The molecule has 276 valence electrons. The van der Waals surface area contributed by atoms with Gasteiger partial charge in [-0.25, -0.2) is 22.8 Å². The maximum atomic E-state index is 15.4. The van der Waals surface area contributed by atoms with Crippen LogP contribution in [-0.4, -0.2) is 77.1 Å². The molecule has 0 unspecified atom stereocenters. The van der Waals surface area contributed by atoms with E-state index < -0.39 is 70.9 Å². The molecule has 0 aliphatic carbocycles. The van der Waals surface area contributed by atoms with E-state index in [2.05, 4.69) is 15.6 Å². The van der Waals surface area contributed by atoms with Crippen LogP contribution in [0.1, 0.15) is 70.6 Å². The molecule has 2 aromatic carbocycles. The number of ether oxygens (including phenoxy) is 3. The predicted octanol–water partition coefficient (Wildman–Crippen LogP) is 6.06. The first kappa shape index (κ1) is 39.1. The summed E-state index contributed by atoms with van der Waals surface area (Å²) in [5, 5.41) is 5.34. The van der Waals surface area contributed by atoms with Gasteiger partial charge in [0.25, 0.3) is 0 Å². The van der Waals surface area contributed by atoms with Gasteiger partial charge in [0, 0.05) is 18.0 Å². The summed E-state index contributed by atoms with van der Waals surface area (Å²) in [4.78, 5) is 45.8. The quantitative estimate of drug-likeness (QED) is 0.230. The lowest BCUT2D eigenvalue weighted by Gasteiger charge is -2.39. The van der Waals surface area contributed by atoms with Crippen LogP contribution in [0.3, 0.4) is 0 Å². The summed E-state index contributed by atoms with van der Waals surface area (Å²) < 4.78 is 60.4. The van der Waals surface area contributed by atoms with Crippen molar-refractivity contribution in [3.8, 4) is 0 Å². The summed E-state index contributed by atoms with van der Waals surface area (Å²) >= 11 is 0. The lowest BCUT2D eigenvalue weighted by Crippen LogP contribution is -2.56. The molecule has 0 saturated carbocycles. The largest absolute Gasteiger partial charge is 0.444 e. The first-order valence-electron chi connectivity index (χ1n) is 16.7. The van der Waals surface area contributed by atoms with E-state index in [0.717, 1.165) is 6.20 Å². The summed E-state index contributed by atoms with van der Waals surface area (Å²) in [5.41, 5.74) is 5.25. The topological polar surface area (TPSA) is 145 Å². The fourth-order valence-electron chi connectivity index (χ4n) is 5.66. The molecule has 0 radical (unpaired) electrons. The van der Waals surface area contributed by atoms with Crippen LogP contribution in [0.25, 0.3) is 0 Å². The van der Waals surface area contributed by atoms with Crippen molar-refractivity contribution in [2.24, 2.45) is 5.73 Å². The molecule has 3 atom stereocenters. The SMILES string of the molecule is CC(C)(C)OC(=O)N[C@H](C(=O)Nc1cncc(F)c1CC[C@@H]1CN(C(=O)OC(C)(C)C)[C@H](CN)CO1)C(c1ccc(F)cc1)c1ccc(F)cc1. The lowest BCUT2D eigenvalue weighted by molar-refractivity contribution is -0.118. The highest BCUT2D eigenvalue weighted by Gasteiger charge is 2.36. The van der Waals surface area contributed by atoms with Gasteiger partial charge in [-0.3, -0.25) is 14.7 Å². The number of hydrogen-bond acceptors (Lipinski definition) is 8. The number of hydrogen-bond donors (Lipinski definition) is 3. The van der Waals surface area contributed by atoms with Crippen LogP contribution in [0.4, 0.5) is 28.4 Å². The molecule has 14 heteroatoms. The number of nitrogens with two attached hydrogens (primary N) is 1. The Morgan fingerprint density at radius 1 is 0.922 bits per heavy atom. The second kappa shape index (κ2) is 16.6. The molecule has 1 aliphatic heterocycles. The molecule has 1 aliphatic rings. The number of aromatic nitrogens is 1. The zero-order valence-electron chi connectivity index (χ0n) is 29.7. The van der Waals surface area contributed by atoms with Crippen LogP contribution in [-0.2, 0) is 25.4 Å². The third-order valence-corrected chi connectivity index (χ3v) is 7.99. The third kappa shape index (κ3) is 11.1. The van der Waals surface area contributed by atoms with E-state index >= 15 is 4.39 Å². The number of halogens is 3. The number of anilines is 1. The molecule has 0 spiro atoms. The number of nitrogens with one attached hydrogen (secondary N) is 2. The minimum Gasteiger partial charge on any atom is -0.444 e. The highest BCUT2D eigenvalue weighted by Crippen LogP contribution is 2.31. The van der Waals surface area contributed by atoms with Gasteiger partial charge in [0.2, 0.25) is 5.91 Å². The van der Waals surface area contributed by atoms with Crippen LogP contribution >= 0.6 is 0 Å². The molecule has 2 heterocycles. The smallest absolute Gasteiger partial charge is 0.410 e. The Morgan fingerprint density at radius 2 is 1.49 bits per heavy atom. The zero-order chi connectivity index (χ0) is 37.5. The molecule has 0 bridgehead atoms. The van der Waals surface area contributed by atoms with Gasteiger partial charge in [-0.15, -0.1) is 0 Å². The highest BCUT2D eigenvalue weighted by molar-refractivity contribution is 5.98. The molecule has 3 amide bonds. The Hall–Kier alpha value is -4.69. The molecular weight excluding hydrogens is 667 g/mol. The van der Waals surface area contributed by atoms with Crippen LogP contribution < -0.4 is 16.4 Å². The number of benzene rings is 2. The molecule has 1 saturated heterocycles. The molecule has 3 aromatic rings. The van der Waals surface area contributed by atoms with Crippen molar-refractivity contribution in [2.75, 3.05) is 25.0 Å². The van der Waals surface area contributed by atoms with E-state index in [4.69, 9.17) is 19.9 Å². The lowest BCUT2D eigenvalue weighted by atomic mass is 9.84. The van der Waals surface area contributed by atoms with E-state index in [-0.39, 0.29) is 43.8 Å². The summed E-state index contributed by atoms with van der Waals surface area (Å²) in [5.74, 6) is -3.49. The van der Waals surface area contributed by atoms with Gasteiger partial charge < -0.3 is 30.6 Å². The van der Waals surface area contributed by atoms with Gasteiger partial charge in [-0.2, -0.15) is 0 Å². The Bertz CT molecular complexity index is 1620. The normalized spacial score (nSPS) is 17.1. The average Bonchev–Trinajstić information content (AvgIpc) is 3.04. The number of carbonyl (C=O) groups is 3. The van der Waals surface area contributed by atoms with E-state index in [1.807, 2.05) is 0 Å². The monoisotopic (exact) mass is 713 g/mol. The first-order chi connectivity index (χ1) is 23.9. The summed E-state index contributed by atoms with van der Waals surface area (Å²) in [6.45, 7) is 10.7. The van der Waals surface area contributed by atoms with E-state index in [9.17, 15) is 23.2 Å². The first-order valence-corrected chi connectivity index (χ1v) is 16.7. The van der Waals surface area contributed by atoms with E-state index in [1.165, 1.54) is 59.6 Å².